The summed E-state index contributed by atoms with van der Waals surface area (Å²) in [4.78, 5) is 12.0. The molecule has 0 aromatic heterocycles. The van der Waals surface area contributed by atoms with Gasteiger partial charge in [-0.1, -0.05) is 18.2 Å². The summed E-state index contributed by atoms with van der Waals surface area (Å²) >= 11 is 0. The first-order valence-electron chi connectivity index (χ1n) is 5.52. The average molecular weight is 277 g/mol. The van der Waals surface area contributed by atoms with Gasteiger partial charge in [0, 0.05) is 18.7 Å². The van der Waals surface area contributed by atoms with E-state index in [4.69, 9.17) is 5.11 Å². The van der Waals surface area contributed by atoms with Crippen LogP contribution in [-0.4, -0.2) is 35.9 Å². The van der Waals surface area contributed by atoms with Crippen LogP contribution in [0.25, 0.3) is 0 Å². The van der Waals surface area contributed by atoms with E-state index in [-0.39, 0.29) is 25.3 Å². The Labute approximate surface area is 108 Å². The Bertz CT molecular complexity index is 434. The van der Waals surface area contributed by atoms with Crippen LogP contribution < -0.4 is 4.74 Å². The number of carbonyl (C=O) groups is 1. The highest BCUT2D eigenvalue weighted by Gasteiger charge is 2.32. The van der Waals surface area contributed by atoms with Crippen molar-refractivity contribution in [3.05, 3.63) is 29.8 Å². The minimum Gasteiger partial charge on any atom is -0.481 e. The molecule has 0 radical (unpaired) electrons. The molecule has 4 nitrogen and oxygen atoms in total. The maximum absolute atomic E-state index is 12.2. The van der Waals surface area contributed by atoms with Crippen molar-refractivity contribution in [1.29, 1.82) is 0 Å². The number of rotatable bonds is 6. The predicted molar refractivity (Wildman–Crippen MR) is 61.7 cm³/mol. The molecule has 0 amide bonds. The van der Waals surface area contributed by atoms with Gasteiger partial charge in [-0.15, -0.1) is 13.2 Å². The second-order valence-corrected chi connectivity index (χ2v) is 4.04. The van der Waals surface area contributed by atoms with Gasteiger partial charge in [0.05, 0.1) is 6.42 Å². The molecule has 1 aromatic carbocycles. The van der Waals surface area contributed by atoms with E-state index in [1.165, 1.54) is 18.2 Å². The lowest BCUT2D eigenvalue weighted by atomic mass is 10.2. The van der Waals surface area contributed by atoms with E-state index < -0.39 is 12.3 Å². The fourth-order valence-electron chi connectivity index (χ4n) is 1.52. The molecule has 1 N–H and O–H groups in total. The molecule has 0 spiro atoms. The molecule has 0 aliphatic rings. The van der Waals surface area contributed by atoms with Crippen LogP contribution in [-0.2, 0) is 11.3 Å². The van der Waals surface area contributed by atoms with Crippen LogP contribution in [0.1, 0.15) is 12.0 Å². The normalized spacial score (nSPS) is 11.6. The standard InChI is InChI=1S/C12H14F3NO3/c1-16(7-6-11(17)18)8-9-4-2-3-5-10(9)19-12(13,14)15/h2-5H,6-8H2,1H3,(H,17,18). The predicted octanol–water partition coefficient (Wildman–Crippen LogP) is 2.49. The van der Waals surface area contributed by atoms with Crippen LogP contribution in [0.5, 0.6) is 5.75 Å². The first-order chi connectivity index (χ1) is 8.78. The zero-order valence-corrected chi connectivity index (χ0v) is 10.3. The van der Waals surface area contributed by atoms with E-state index in [1.807, 2.05) is 0 Å². The van der Waals surface area contributed by atoms with E-state index >= 15 is 0 Å². The van der Waals surface area contributed by atoms with Gasteiger partial charge in [0.2, 0.25) is 0 Å². The number of halogens is 3. The smallest absolute Gasteiger partial charge is 0.481 e. The molecule has 106 valence electrons. The van der Waals surface area contributed by atoms with Crippen LogP contribution in [0, 0.1) is 0 Å². The summed E-state index contributed by atoms with van der Waals surface area (Å²) in [7, 11) is 1.63. The average Bonchev–Trinajstić information content (AvgIpc) is 2.27. The van der Waals surface area contributed by atoms with Crippen LogP contribution in [0.2, 0.25) is 0 Å². The maximum atomic E-state index is 12.2. The molecular weight excluding hydrogens is 263 g/mol. The fourth-order valence-corrected chi connectivity index (χ4v) is 1.52. The summed E-state index contributed by atoms with van der Waals surface area (Å²) in [6.45, 7) is 0.426. The monoisotopic (exact) mass is 277 g/mol. The summed E-state index contributed by atoms with van der Waals surface area (Å²) in [5, 5.41) is 8.54. The molecule has 7 heteroatoms. The molecule has 19 heavy (non-hydrogen) atoms. The Balaban J connectivity index is 2.69. The van der Waals surface area contributed by atoms with Crippen LogP contribution in [0.3, 0.4) is 0 Å². The molecule has 0 bridgehead atoms. The number of benzene rings is 1. The van der Waals surface area contributed by atoms with Crippen molar-refractivity contribution in [2.45, 2.75) is 19.3 Å². The second-order valence-electron chi connectivity index (χ2n) is 4.04. The first-order valence-corrected chi connectivity index (χ1v) is 5.52. The summed E-state index contributed by atoms with van der Waals surface area (Å²) in [6.07, 6.45) is -4.81. The summed E-state index contributed by atoms with van der Waals surface area (Å²) in [5.41, 5.74) is 0.354. The highest BCUT2D eigenvalue weighted by atomic mass is 19.4. The molecule has 0 fully saturated rings. The number of alkyl halides is 3. The third-order valence-corrected chi connectivity index (χ3v) is 2.35. The number of aliphatic carboxylic acids is 1. The van der Waals surface area contributed by atoms with Gasteiger partial charge in [0.25, 0.3) is 0 Å². The van der Waals surface area contributed by atoms with E-state index in [0.717, 1.165) is 0 Å². The van der Waals surface area contributed by atoms with E-state index in [1.54, 1.807) is 18.0 Å². The van der Waals surface area contributed by atoms with Crippen molar-refractivity contribution in [1.82, 2.24) is 4.90 Å². The van der Waals surface area contributed by atoms with Crippen molar-refractivity contribution >= 4 is 5.97 Å². The molecule has 0 unspecified atom stereocenters. The van der Waals surface area contributed by atoms with Crippen LogP contribution in [0.15, 0.2) is 24.3 Å². The number of hydrogen-bond acceptors (Lipinski definition) is 3. The molecule has 0 saturated heterocycles. The summed E-state index contributed by atoms with van der Waals surface area (Å²) < 4.78 is 40.5. The summed E-state index contributed by atoms with van der Waals surface area (Å²) in [6, 6.07) is 5.79. The molecular formula is C12H14F3NO3. The molecule has 1 aromatic rings. The van der Waals surface area contributed by atoms with Crippen LogP contribution in [0.4, 0.5) is 13.2 Å². The molecule has 0 heterocycles. The molecule has 0 atom stereocenters. The number of hydrogen-bond donors (Lipinski definition) is 1. The zero-order valence-electron chi connectivity index (χ0n) is 10.3. The van der Waals surface area contributed by atoms with Crippen molar-refractivity contribution in [3.8, 4) is 5.75 Å². The minimum atomic E-state index is -4.74. The lowest BCUT2D eigenvalue weighted by Gasteiger charge is -2.18. The Hall–Kier alpha value is -1.76. The SMILES string of the molecule is CN(CCC(=O)O)Cc1ccccc1OC(F)(F)F. The lowest BCUT2D eigenvalue weighted by molar-refractivity contribution is -0.275. The Morgan fingerprint density at radius 2 is 2.00 bits per heavy atom. The van der Waals surface area contributed by atoms with Gasteiger partial charge in [0.15, 0.2) is 0 Å². The topological polar surface area (TPSA) is 49.8 Å². The highest BCUT2D eigenvalue weighted by molar-refractivity contribution is 5.66. The number of carboxylic acid groups (broad SMARTS) is 1. The van der Waals surface area contributed by atoms with Crippen molar-refractivity contribution in [2.75, 3.05) is 13.6 Å². The van der Waals surface area contributed by atoms with Gasteiger partial charge in [-0.25, -0.2) is 0 Å². The van der Waals surface area contributed by atoms with Gasteiger partial charge in [0.1, 0.15) is 5.75 Å². The van der Waals surface area contributed by atoms with Gasteiger partial charge in [-0.2, -0.15) is 0 Å². The number of para-hydroxylation sites is 1. The Kier molecular flexibility index (Phi) is 5.17. The summed E-state index contributed by atoms with van der Waals surface area (Å²) in [5.74, 6) is -1.22. The maximum Gasteiger partial charge on any atom is 0.573 e. The van der Waals surface area contributed by atoms with Gasteiger partial charge >= 0.3 is 12.3 Å². The number of carboxylic acids is 1. The highest BCUT2D eigenvalue weighted by Crippen LogP contribution is 2.26. The van der Waals surface area contributed by atoms with Gasteiger partial charge in [-0.05, 0) is 13.1 Å². The fraction of sp³-hybridized carbons (Fsp3) is 0.417. The van der Waals surface area contributed by atoms with Gasteiger partial charge < -0.3 is 14.7 Å². The molecule has 1 rings (SSSR count). The number of ether oxygens (including phenoxy) is 1. The molecule has 0 aliphatic carbocycles. The number of nitrogens with zero attached hydrogens (tertiary/aromatic N) is 1. The van der Waals surface area contributed by atoms with E-state index in [9.17, 15) is 18.0 Å². The van der Waals surface area contributed by atoms with E-state index in [0.29, 0.717) is 5.56 Å². The van der Waals surface area contributed by atoms with Crippen molar-refractivity contribution < 1.29 is 27.8 Å². The van der Waals surface area contributed by atoms with Gasteiger partial charge in [-0.3, -0.25) is 4.79 Å². The third-order valence-electron chi connectivity index (χ3n) is 2.35. The lowest BCUT2D eigenvalue weighted by Crippen LogP contribution is -2.23. The Morgan fingerprint density at radius 1 is 1.37 bits per heavy atom. The molecule has 0 saturated carbocycles. The zero-order chi connectivity index (χ0) is 14.5. The largest absolute Gasteiger partial charge is 0.573 e. The minimum absolute atomic E-state index is 0.0706. The van der Waals surface area contributed by atoms with Crippen molar-refractivity contribution in [3.63, 3.8) is 0 Å². The first kappa shape index (κ1) is 15.3. The Morgan fingerprint density at radius 3 is 2.58 bits per heavy atom. The third kappa shape index (κ3) is 6.10. The second kappa shape index (κ2) is 6.42. The quantitative estimate of drug-likeness (QED) is 0.868. The molecule has 0 aliphatic heterocycles. The van der Waals surface area contributed by atoms with Crippen LogP contribution >= 0.6 is 0 Å². The van der Waals surface area contributed by atoms with Crippen molar-refractivity contribution in [2.24, 2.45) is 0 Å². The van der Waals surface area contributed by atoms with E-state index in [2.05, 4.69) is 4.74 Å².